The van der Waals surface area contributed by atoms with Crippen molar-refractivity contribution in [3.8, 4) is 0 Å². The Morgan fingerprint density at radius 3 is 2.92 bits per heavy atom. The zero-order valence-electron chi connectivity index (χ0n) is 13.7. The van der Waals surface area contributed by atoms with Crippen molar-refractivity contribution in [2.45, 2.75) is 12.5 Å². The number of pyridine rings is 1. The van der Waals surface area contributed by atoms with Crippen molar-refractivity contribution in [1.82, 2.24) is 14.8 Å². The number of anilines is 1. The van der Waals surface area contributed by atoms with Gasteiger partial charge in [0.25, 0.3) is 0 Å². The van der Waals surface area contributed by atoms with Crippen LogP contribution < -0.4 is 5.32 Å². The number of morpholine rings is 1. The molecule has 1 aromatic heterocycles. The van der Waals surface area contributed by atoms with Crippen molar-refractivity contribution >= 4 is 23.6 Å². The van der Waals surface area contributed by atoms with Crippen LogP contribution in [-0.4, -0.2) is 78.2 Å². The monoisotopic (exact) mass is 348 g/mol. The van der Waals surface area contributed by atoms with Crippen molar-refractivity contribution < 1.29 is 23.9 Å². The average Bonchev–Trinajstić information content (AvgIpc) is 3.01. The Hall–Kier alpha value is -2.68. The molecule has 1 N–H and O–H groups in total. The van der Waals surface area contributed by atoms with Gasteiger partial charge in [0.05, 0.1) is 37.7 Å². The Balaban J connectivity index is 1.57. The van der Waals surface area contributed by atoms with E-state index in [2.05, 4.69) is 10.3 Å². The van der Waals surface area contributed by atoms with Crippen LogP contribution >= 0.6 is 0 Å². The van der Waals surface area contributed by atoms with Gasteiger partial charge in [-0.25, -0.2) is 4.79 Å². The second kappa shape index (κ2) is 7.93. The molecule has 134 valence electrons. The maximum atomic E-state index is 12.5. The van der Waals surface area contributed by atoms with Crippen LogP contribution in [0.2, 0.25) is 0 Å². The summed E-state index contributed by atoms with van der Waals surface area (Å²) in [6.07, 6.45) is 2.81. The molecule has 0 unspecified atom stereocenters. The van der Waals surface area contributed by atoms with Crippen molar-refractivity contribution in [2.24, 2.45) is 0 Å². The summed E-state index contributed by atoms with van der Waals surface area (Å²) in [5.74, 6) is -0.428. The highest BCUT2D eigenvalue weighted by Crippen LogP contribution is 2.14. The van der Waals surface area contributed by atoms with E-state index >= 15 is 0 Å². The molecule has 0 radical (unpaired) electrons. The lowest BCUT2D eigenvalue weighted by Gasteiger charge is -2.36. The molecule has 9 heteroatoms. The maximum absolute atomic E-state index is 12.5. The molecule has 3 rings (SSSR count). The van der Waals surface area contributed by atoms with Gasteiger partial charge in [0, 0.05) is 19.2 Å². The van der Waals surface area contributed by atoms with Gasteiger partial charge in [-0.2, -0.15) is 0 Å². The molecule has 25 heavy (non-hydrogen) atoms. The Labute approximate surface area is 144 Å². The Morgan fingerprint density at radius 1 is 1.32 bits per heavy atom. The molecule has 2 aliphatic heterocycles. The Kier molecular flexibility index (Phi) is 5.44. The number of hydrogen-bond donors (Lipinski definition) is 1. The van der Waals surface area contributed by atoms with Crippen molar-refractivity contribution in [3.05, 3.63) is 24.5 Å². The lowest BCUT2D eigenvalue weighted by molar-refractivity contribution is -0.141. The number of carbonyl (C=O) groups is 3. The second-order valence-corrected chi connectivity index (χ2v) is 5.85. The fraction of sp³-hybridized carbons (Fsp3) is 0.500. The molecule has 0 spiro atoms. The summed E-state index contributed by atoms with van der Waals surface area (Å²) in [6.45, 7) is 1.76. The van der Waals surface area contributed by atoms with E-state index in [4.69, 9.17) is 9.47 Å². The molecule has 2 saturated heterocycles. The molecule has 9 nitrogen and oxygen atoms in total. The predicted molar refractivity (Wildman–Crippen MR) is 86.7 cm³/mol. The highest BCUT2D eigenvalue weighted by molar-refractivity contribution is 5.91. The highest BCUT2D eigenvalue weighted by atomic mass is 16.6. The minimum Gasteiger partial charge on any atom is -0.448 e. The summed E-state index contributed by atoms with van der Waals surface area (Å²) in [4.78, 5) is 43.2. The summed E-state index contributed by atoms with van der Waals surface area (Å²) in [5, 5.41) is 2.75. The number of nitrogens with one attached hydrogen (secondary N) is 1. The summed E-state index contributed by atoms with van der Waals surface area (Å²) < 4.78 is 10.2. The van der Waals surface area contributed by atoms with Crippen LogP contribution in [0, 0.1) is 0 Å². The van der Waals surface area contributed by atoms with Crippen LogP contribution in [0.25, 0.3) is 0 Å². The van der Waals surface area contributed by atoms with Crippen molar-refractivity contribution in [1.29, 1.82) is 0 Å². The second-order valence-electron chi connectivity index (χ2n) is 5.85. The standard InChI is InChI=1S/C16H20N4O5/c21-14(18-12-2-1-3-17-9-12)8-13-11-24-6-5-20(13)15(22)10-19-4-7-25-16(19)23/h1-3,9,13H,4-8,10-11H2,(H,18,21)/t13-/m0/s1. The van der Waals surface area contributed by atoms with Gasteiger partial charge in [-0.3, -0.25) is 19.5 Å². The zero-order valence-corrected chi connectivity index (χ0v) is 13.7. The molecule has 1 aromatic rings. The van der Waals surface area contributed by atoms with E-state index in [-0.39, 0.29) is 37.4 Å². The first kappa shape index (κ1) is 17.2. The first-order valence-electron chi connectivity index (χ1n) is 8.12. The average molecular weight is 348 g/mol. The molecular weight excluding hydrogens is 328 g/mol. The van der Waals surface area contributed by atoms with Gasteiger partial charge in [-0.1, -0.05) is 0 Å². The summed E-state index contributed by atoms with van der Waals surface area (Å²) in [6, 6.07) is 3.10. The van der Waals surface area contributed by atoms with E-state index in [0.29, 0.717) is 32.0 Å². The fourth-order valence-electron chi connectivity index (χ4n) is 2.84. The number of cyclic esters (lactones) is 1. The summed E-state index contributed by atoms with van der Waals surface area (Å²) in [5.41, 5.74) is 0.599. The number of amides is 3. The normalized spacial score (nSPS) is 20.3. The van der Waals surface area contributed by atoms with E-state index in [1.54, 1.807) is 29.4 Å². The third-order valence-electron chi connectivity index (χ3n) is 4.09. The van der Waals surface area contributed by atoms with Crippen LogP contribution in [0.3, 0.4) is 0 Å². The Bertz CT molecular complexity index is 639. The minimum absolute atomic E-state index is 0.0421. The molecule has 3 heterocycles. The van der Waals surface area contributed by atoms with Crippen LogP contribution in [0.4, 0.5) is 10.5 Å². The first-order chi connectivity index (χ1) is 12.1. The van der Waals surface area contributed by atoms with E-state index in [1.807, 2.05) is 0 Å². The lowest BCUT2D eigenvalue weighted by atomic mass is 10.1. The molecule has 3 amide bonds. The lowest BCUT2D eigenvalue weighted by Crippen LogP contribution is -2.52. The summed E-state index contributed by atoms with van der Waals surface area (Å²) in [7, 11) is 0. The van der Waals surface area contributed by atoms with Gasteiger partial charge in [-0.15, -0.1) is 0 Å². The molecule has 0 aliphatic carbocycles. The van der Waals surface area contributed by atoms with E-state index in [9.17, 15) is 14.4 Å². The number of ether oxygens (including phenoxy) is 2. The van der Waals surface area contributed by atoms with Crippen LogP contribution in [-0.2, 0) is 19.1 Å². The van der Waals surface area contributed by atoms with Gasteiger partial charge in [0.15, 0.2) is 0 Å². The fourth-order valence-corrected chi connectivity index (χ4v) is 2.84. The number of aromatic nitrogens is 1. The smallest absolute Gasteiger partial charge is 0.410 e. The molecule has 0 aromatic carbocycles. The number of rotatable bonds is 5. The van der Waals surface area contributed by atoms with E-state index in [0.717, 1.165) is 0 Å². The van der Waals surface area contributed by atoms with Crippen LogP contribution in [0.1, 0.15) is 6.42 Å². The van der Waals surface area contributed by atoms with Gasteiger partial charge >= 0.3 is 6.09 Å². The highest BCUT2D eigenvalue weighted by Gasteiger charge is 2.32. The maximum Gasteiger partial charge on any atom is 0.410 e. The van der Waals surface area contributed by atoms with Crippen molar-refractivity contribution in [2.75, 3.05) is 44.8 Å². The molecular formula is C16H20N4O5. The van der Waals surface area contributed by atoms with Gasteiger partial charge in [0.2, 0.25) is 11.8 Å². The number of hydrogen-bond acceptors (Lipinski definition) is 6. The van der Waals surface area contributed by atoms with Gasteiger partial charge < -0.3 is 19.7 Å². The molecule has 2 aliphatic rings. The first-order valence-corrected chi connectivity index (χ1v) is 8.12. The van der Waals surface area contributed by atoms with Crippen LogP contribution in [0.5, 0.6) is 0 Å². The largest absolute Gasteiger partial charge is 0.448 e. The minimum atomic E-state index is -0.479. The molecule has 1 atom stereocenters. The SMILES string of the molecule is O=C(C[C@H]1COCCN1C(=O)CN1CCOC1=O)Nc1cccnc1. The van der Waals surface area contributed by atoms with E-state index in [1.165, 1.54) is 4.90 Å². The van der Waals surface area contributed by atoms with Crippen LogP contribution in [0.15, 0.2) is 24.5 Å². The Morgan fingerprint density at radius 2 is 2.20 bits per heavy atom. The number of nitrogens with zero attached hydrogens (tertiary/aromatic N) is 3. The molecule has 2 fully saturated rings. The molecule has 0 saturated carbocycles. The third-order valence-corrected chi connectivity index (χ3v) is 4.09. The molecule has 0 bridgehead atoms. The zero-order chi connectivity index (χ0) is 17.6. The quantitative estimate of drug-likeness (QED) is 0.809. The van der Waals surface area contributed by atoms with Gasteiger partial charge in [0.1, 0.15) is 13.2 Å². The van der Waals surface area contributed by atoms with Crippen molar-refractivity contribution in [3.63, 3.8) is 0 Å². The number of carbonyl (C=O) groups excluding carboxylic acids is 3. The van der Waals surface area contributed by atoms with Gasteiger partial charge in [-0.05, 0) is 12.1 Å². The third kappa shape index (κ3) is 4.44. The predicted octanol–water partition coefficient (Wildman–Crippen LogP) is 0.0898. The van der Waals surface area contributed by atoms with E-state index < -0.39 is 6.09 Å². The summed E-state index contributed by atoms with van der Waals surface area (Å²) >= 11 is 0. The topological polar surface area (TPSA) is 101 Å².